The van der Waals surface area contributed by atoms with Crippen LogP contribution in [-0.4, -0.2) is 75.7 Å². The lowest BCUT2D eigenvalue weighted by Crippen LogP contribution is -2.49. The van der Waals surface area contributed by atoms with Crippen LogP contribution in [0.1, 0.15) is 60.8 Å². The van der Waals surface area contributed by atoms with E-state index in [9.17, 15) is 29.8 Å². The number of carbonyl (C=O) groups excluding carboxylic acids is 1. The molecule has 0 saturated carbocycles. The Kier molecular flexibility index (Phi) is 13.4. The highest BCUT2D eigenvalue weighted by Crippen LogP contribution is 2.52. The van der Waals surface area contributed by atoms with Gasteiger partial charge in [-0.25, -0.2) is 9.36 Å². The zero-order valence-corrected chi connectivity index (χ0v) is 18.9. The maximum Gasteiger partial charge on any atom is 0.475 e. The number of phosphoric acid groups is 1. The third-order valence-corrected chi connectivity index (χ3v) is 6.07. The zero-order valence-electron chi connectivity index (χ0n) is 18.1. The van der Waals surface area contributed by atoms with E-state index in [2.05, 4.69) is 0 Å². The van der Waals surface area contributed by atoms with Gasteiger partial charge < -0.3 is 25.2 Å². The van der Waals surface area contributed by atoms with Crippen LogP contribution in [0.5, 0.6) is 0 Å². The average molecular weight is 444 g/mol. The minimum atomic E-state index is -4.06. The van der Waals surface area contributed by atoms with Gasteiger partial charge in [0.2, 0.25) is 0 Å². The lowest BCUT2D eigenvalue weighted by Gasteiger charge is -2.28. The van der Waals surface area contributed by atoms with Crippen molar-refractivity contribution in [1.82, 2.24) is 0 Å². The zero-order chi connectivity index (χ0) is 22.8. The first-order valence-electron chi connectivity index (χ1n) is 9.94. The number of hydrogen-bond acceptors (Lipinski definition) is 10. The molecule has 11 heteroatoms. The van der Waals surface area contributed by atoms with Crippen LogP contribution in [0.25, 0.3) is 0 Å². The molecule has 0 radical (unpaired) electrons. The predicted molar refractivity (Wildman–Crippen MR) is 105 cm³/mol. The lowest BCUT2D eigenvalue weighted by molar-refractivity contribution is -0.174. The number of carbonyl (C=O) groups is 1. The summed E-state index contributed by atoms with van der Waals surface area (Å²) in [6.45, 7) is 9.60. The first-order chi connectivity index (χ1) is 13.4. The fourth-order valence-electron chi connectivity index (χ4n) is 1.85. The van der Waals surface area contributed by atoms with E-state index < -0.39 is 63.1 Å². The van der Waals surface area contributed by atoms with Gasteiger partial charge >= 0.3 is 13.8 Å². The van der Waals surface area contributed by atoms with Crippen molar-refractivity contribution in [2.24, 2.45) is 0 Å². The lowest BCUT2D eigenvalue weighted by atomic mass is 10.0. The Morgan fingerprint density at radius 2 is 1.28 bits per heavy atom. The summed E-state index contributed by atoms with van der Waals surface area (Å²) < 4.78 is 33.5. The van der Waals surface area contributed by atoms with Gasteiger partial charge in [-0.1, -0.05) is 20.8 Å². The number of aliphatic hydroxyl groups excluding tert-OH is 4. The van der Waals surface area contributed by atoms with Gasteiger partial charge in [0.15, 0.2) is 6.10 Å². The van der Waals surface area contributed by atoms with E-state index in [1.807, 2.05) is 13.8 Å². The molecule has 0 aromatic heterocycles. The van der Waals surface area contributed by atoms with Gasteiger partial charge in [-0.3, -0.25) is 13.6 Å². The van der Waals surface area contributed by atoms with Crippen molar-refractivity contribution in [2.45, 2.75) is 104 Å². The molecule has 7 atom stereocenters. The molecular weight excluding hydrogens is 407 g/mol. The van der Waals surface area contributed by atoms with E-state index in [0.717, 1.165) is 0 Å². The number of esters is 1. The molecule has 0 amide bonds. The van der Waals surface area contributed by atoms with Crippen LogP contribution >= 0.6 is 7.82 Å². The molecule has 0 aromatic carbocycles. The van der Waals surface area contributed by atoms with Crippen molar-refractivity contribution >= 4 is 13.8 Å². The van der Waals surface area contributed by atoms with Crippen LogP contribution in [0.15, 0.2) is 0 Å². The van der Waals surface area contributed by atoms with Crippen molar-refractivity contribution in [2.75, 3.05) is 6.61 Å². The summed E-state index contributed by atoms with van der Waals surface area (Å²) in [4.78, 5) is 11.8. The molecule has 0 fully saturated rings. The quantitative estimate of drug-likeness (QED) is 0.216. The van der Waals surface area contributed by atoms with E-state index >= 15 is 0 Å². The van der Waals surface area contributed by atoms with Gasteiger partial charge in [0.1, 0.15) is 18.3 Å². The summed E-state index contributed by atoms with van der Waals surface area (Å²) in [7, 11) is -4.06. The third-order valence-electron chi connectivity index (χ3n) is 4.37. The normalized spacial score (nSPS) is 21.3. The SMILES string of the molecule is CCC(C)OC(=O)[C@H](O)[C@@H](O)[C@H](O)[C@H](O)COP(=O)(OC(C)CC)OC(C)CC. The minimum absolute atomic E-state index is 0.449. The van der Waals surface area contributed by atoms with Crippen LogP contribution in [0, 0.1) is 0 Å². The maximum absolute atomic E-state index is 12.8. The van der Waals surface area contributed by atoms with Gasteiger partial charge in [0, 0.05) is 0 Å². The smallest absolute Gasteiger partial charge is 0.461 e. The maximum atomic E-state index is 12.8. The molecule has 0 saturated heterocycles. The molecule has 0 aliphatic carbocycles. The predicted octanol–water partition coefficient (Wildman–Crippen LogP) is 1.53. The second-order valence-electron chi connectivity index (χ2n) is 7.04. The first-order valence-corrected chi connectivity index (χ1v) is 11.4. The minimum Gasteiger partial charge on any atom is -0.461 e. The Bertz CT molecular complexity index is 501. The van der Waals surface area contributed by atoms with Crippen molar-refractivity contribution in [3.8, 4) is 0 Å². The molecule has 0 aliphatic heterocycles. The van der Waals surface area contributed by atoms with Crippen LogP contribution in [0.2, 0.25) is 0 Å². The van der Waals surface area contributed by atoms with E-state index in [4.69, 9.17) is 18.3 Å². The molecule has 10 nitrogen and oxygen atoms in total. The first kappa shape index (κ1) is 28.4. The molecule has 3 unspecified atom stereocenters. The van der Waals surface area contributed by atoms with Gasteiger partial charge in [-0.05, 0) is 40.0 Å². The van der Waals surface area contributed by atoms with Crippen LogP contribution in [0.3, 0.4) is 0 Å². The molecule has 0 bridgehead atoms. The summed E-state index contributed by atoms with van der Waals surface area (Å²) in [5.74, 6) is -1.13. The molecule has 0 rings (SSSR count). The number of ether oxygens (including phenoxy) is 1. The van der Waals surface area contributed by atoms with Crippen molar-refractivity contribution < 1.29 is 48.1 Å². The van der Waals surface area contributed by atoms with Gasteiger partial charge in [0.25, 0.3) is 0 Å². The monoisotopic (exact) mass is 444 g/mol. The summed E-state index contributed by atoms with van der Waals surface area (Å²) >= 11 is 0. The number of rotatable bonds is 15. The summed E-state index contributed by atoms with van der Waals surface area (Å²) in [5.41, 5.74) is 0. The molecule has 174 valence electrons. The number of hydrogen-bond donors (Lipinski definition) is 4. The fraction of sp³-hybridized carbons (Fsp3) is 0.944. The van der Waals surface area contributed by atoms with E-state index in [-0.39, 0.29) is 0 Å². The Morgan fingerprint density at radius 3 is 1.69 bits per heavy atom. The highest BCUT2D eigenvalue weighted by Gasteiger charge is 2.38. The third kappa shape index (κ3) is 10.3. The Hall–Kier alpha value is -0.580. The molecule has 0 spiro atoms. The van der Waals surface area contributed by atoms with E-state index in [1.165, 1.54) is 0 Å². The second-order valence-corrected chi connectivity index (χ2v) is 8.61. The second kappa shape index (κ2) is 13.7. The average Bonchev–Trinajstić information content (AvgIpc) is 2.69. The molecule has 0 aliphatic rings. The molecule has 4 N–H and O–H groups in total. The highest BCUT2D eigenvalue weighted by atomic mass is 31.2. The van der Waals surface area contributed by atoms with Crippen molar-refractivity contribution in [1.29, 1.82) is 0 Å². The summed E-state index contributed by atoms with van der Waals surface area (Å²) in [6.07, 6.45) is -7.71. The molecular formula is C18H37O10P. The van der Waals surface area contributed by atoms with Crippen molar-refractivity contribution in [3.63, 3.8) is 0 Å². The highest BCUT2D eigenvalue weighted by molar-refractivity contribution is 7.48. The fourth-order valence-corrected chi connectivity index (χ4v) is 3.53. The van der Waals surface area contributed by atoms with E-state index in [1.54, 1.807) is 27.7 Å². The van der Waals surface area contributed by atoms with Gasteiger partial charge in [-0.15, -0.1) is 0 Å². The topological polar surface area (TPSA) is 152 Å². The van der Waals surface area contributed by atoms with Gasteiger partial charge in [-0.2, -0.15) is 0 Å². The number of phosphoric ester groups is 1. The van der Waals surface area contributed by atoms with Gasteiger partial charge in [0.05, 0.1) is 24.9 Å². The largest absolute Gasteiger partial charge is 0.475 e. The van der Waals surface area contributed by atoms with Crippen LogP contribution in [-0.2, 0) is 27.7 Å². The number of aliphatic hydroxyl groups is 4. The Morgan fingerprint density at radius 1 is 0.828 bits per heavy atom. The standard InChI is InChI=1S/C18H37O10P/c1-7-11(4)26-18(23)17(22)16(21)15(20)14(19)10-25-29(24,27-12(5)8-2)28-13(6)9-3/h11-17,19-22H,7-10H2,1-6H3/t11?,12?,13?,14-,15-,16+,17-,29?/m1/s1. The molecule has 29 heavy (non-hydrogen) atoms. The Balaban J connectivity index is 4.96. The van der Waals surface area contributed by atoms with Crippen LogP contribution in [0.4, 0.5) is 0 Å². The van der Waals surface area contributed by atoms with Crippen molar-refractivity contribution in [3.05, 3.63) is 0 Å². The Labute approximate surface area is 172 Å². The summed E-state index contributed by atoms with van der Waals surface area (Å²) in [6, 6.07) is 0. The summed E-state index contributed by atoms with van der Waals surface area (Å²) in [5, 5.41) is 39.9. The molecule has 0 heterocycles. The molecule has 0 aromatic rings. The van der Waals surface area contributed by atoms with Crippen LogP contribution < -0.4 is 0 Å². The van der Waals surface area contributed by atoms with E-state index in [0.29, 0.717) is 19.3 Å².